The van der Waals surface area contributed by atoms with Crippen LogP contribution >= 0.6 is 34.3 Å². The Morgan fingerprint density at radius 2 is 0.477 bits per heavy atom. The zero-order valence-electron chi connectivity index (χ0n) is 73.5. The van der Waals surface area contributed by atoms with Crippen molar-refractivity contribution in [3.05, 3.63) is 452 Å². The average molecular weight is 1740 g/mol. The van der Waals surface area contributed by atoms with Crippen molar-refractivity contribution in [3.8, 4) is 44.5 Å². The van der Waals surface area contributed by atoms with Crippen LogP contribution in [0.5, 0.6) is 0 Å². The van der Waals surface area contributed by atoms with Gasteiger partial charge in [-0.1, -0.05) is 290 Å². The molecule has 0 radical (unpaired) electrons. The lowest BCUT2D eigenvalue weighted by Gasteiger charge is -2.57. The molecule has 0 spiro atoms. The summed E-state index contributed by atoms with van der Waals surface area (Å²) in [6, 6.07) is 156. The van der Waals surface area contributed by atoms with Crippen LogP contribution in [0.4, 0.5) is 62.6 Å². The number of nitrogens with one attached hydrogen (secondary N) is 1. The van der Waals surface area contributed by atoms with Gasteiger partial charge in [-0.05, 0) is 344 Å². The van der Waals surface area contributed by atoms with Crippen LogP contribution in [0.1, 0.15) is 93.7 Å². The van der Waals surface area contributed by atoms with Gasteiger partial charge < -0.3 is 20.0 Å². The van der Waals surface area contributed by atoms with Crippen LogP contribution < -0.4 is 20.0 Å². The smallest absolute Gasteiger partial charge is 0.0476 e. The van der Waals surface area contributed by atoms with E-state index in [4.69, 9.17) is 11.6 Å². The summed E-state index contributed by atoms with van der Waals surface area (Å²) in [4.78, 5) is 7.18. The van der Waals surface area contributed by atoms with Crippen molar-refractivity contribution in [2.45, 2.75) is 94.8 Å². The van der Waals surface area contributed by atoms with E-state index in [1.807, 2.05) is 59.1 Å². The Labute approximate surface area is 778 Å². The van der Waals surface area contributed by atoms with E-state index in [1.165, 1.54) is 179 Å². The second kappa shape index (κ2) is 36.3. The molecule has 0 saturated heterocycles. The molecular formula is C123H105ClN4S2. The van der Waals surface area contributed by atoms with Gasteiger partial charge in [-0.3, -0.25) is 0 Å². The van der Waals surface area contributed by atoms with Gasteiger partial charge in [-0.2, -0.15) is 0 Å². The third kappa shape index (κ3) is 17.3. The van der Waals surface area contributed by atoms with Crippen LogP contribution in [-0.2, 0) is 10.8 Å². The summed E-state index contributed by atoms with van der Waals surface area (Å²) in [6.45, 7) is 2.08. The molecule has 8 aliphatic rings. The lowest BCUT2D eigenvalue weighted by Crippen LogP contribution is -2.48. The van der Waals surface area contributed by atoms with Gasteiger partial charge in [-0.15, -0.1) is 22.7 Å². The molecule has 8 bridgehead atoms. The highest BCUT2D eigenvalue weighted by Crippen LogP contribution is 2.63. The molecular weight excluding hydrogens is 1630 g/mol. The highest BCUT2D eigenvalue weighted by Gasteiger charge is 2.53. The van der Waals surface area contributed by atoms with Gasteiger partial charge in [-0.25, -0.2) is 0 Å². The fourth-order valence-corrected chi connectivity index (χ4v) is 26.0. The average Bonchev–Trinajstić information content (AvgIpc) is 0.949. The molecule has 0 unspecified atom stereocenters. The number of halogens is 1. The fraction of sp³-hybridized carbons (Fsp3) is 0.171. The number of thiophene rings is 2. The van der Waals surface area contributed by atoms with Crippen molar-refractivity contribution in [2.75, 3.05) is 20.0 Å². The SMILES string of the molecule is Cc1ccccc1.Clc1ccc(N(c2ccc(-c3ccccc3)cc2)c2ccc(C34CC5CC(CC(C5)C3)C4)cc2)cc1.c1ccc(-c2ccc(N(c3ccc(N(c4ccc(-c5ccccc5)cc4)c4ccc5c(c4)sc4ccccc45)cc3)c3ccc(C45CC6CC(CC(C6)C4)C5)cc3)cc2)cc1.c1ccc(-c2ccc(Nc3ccc4c(c3)sc3ccccc34)cc2)cc1. The first kappa shape index (κ1) is 82.4. The monoisotopic (exact) mass is 1740 g/mol. The summed E-state index contributed by atoms with van der Waals surface area (Å²) in [7, 11) is 0. The Hall–Kier alpha value is -13.3. The van der Waals surface area contributed by atoms with Crippen LogP contribution in [0.15, 0.2) is 431 Å². The highest BCUT2D eigenvalue weighted by atomic mass is 35.5. The van der Waals surface area contributed by atoms with Gasteiger partial charge in [0.05, 0.1) is 0 Å². The molecule has 0 aliphatic heterocycles. The first-order valence-electron chi connectivity index (χ1n) is 46.7. The van der Waals surface area contributed by atoms with Crippen LogP contribution in [-0.4, -0.2) is 0 Å². The van der Waals surface area contributed by atoms with E-state index in [9.17, 15) is 0 Å². The third-order valence-electron chi connectivity index (χ3n) is 28.9. The topological polar surface area (TPSA) is 21.8 Å². The second-order valence-electron chi connectivity index (χ2n) is 37.5. The third-order valence-corrected chi connectivity index (χ3v) is 31.4. The van der Waals surface area contributed by atoms with Crippen LogP contribution in [0, 0.1) is 42.4 Å². The number of nitrogens with zero attached hydrogens (tertiary/aromatic N) is 3. The number of hydrogen-bond donors (Lipinski definition) is 1. The minimum absolute atomic E-state index is 0.374. The fourth-order valence-electron chi connectivity index (χ4n) is 23.6. The lowest BCUT2D eigenvalue weighted by molar-refractivity contribution is -0.00530. The Balaban J connectivity index is 0.000000121. The molecule has 8 aliphatic carbocycles. The maximum atomic E-state index is 6.25. The number of aryl methyl sites for hydroxylation is 1. The molecule has 636 valence electrons. The van der Waals surface area contributed by atoms with Gasteiger partial charge in [0.15, 0.2) is 0 Å². The minimum atomic E-state index is 0.374. The molecule has 2 heterocycles. The molecule has 2 aromatic heterocycles. The quantitative estimate of drug-likeness (QED) is 0.0981. The molecule has 0 atom stereocenters. The number of benzene rings is 17. The molecule has 4 nitrogen and oxygen atoms in total. The summed E-state index contributed by atoms with van der Waals surface area (Å²) in [6.07, 6.45) is 17.2. The van der Waals surface area contributed by atoms with Gasteiger partial charge >= 0.3 is 0 Å². The van der Waals surface area contributed by atoms with E-state index in [-0.39, 0.29) is 0 Å². The summed E-state index contributed by atoms with van der Waals surface area (Å²) in [5.74, 6) is 5.67. The standard InChI is InChI=1S/C58H48N2S.C34H32ClN.C24H17NS.C7H8/c1-3-9-43(10-4-1)45-15-21-48(22-16-45)59(50-25-19-47(20-26-50)58-37-40-33-41(38-58)35-42(34-40)39-58)51-27-29-52(30-28-51)60(49-23-17-46(18-24-49)44-11-5-2-6-12-44)53-31-32-55-54-13-7-8-14-56(54)61-57(55)36-53;35-30-10-16-33(17-11-30)36(31-12-6-28(7-13-31)27-4-2-1-3-5-27)32-14-8-29(9-15-32)34-21-24-18-25(22-34)20-26(19-24)23-34;1-2-6-17(7-3-1)18-10-12-19(13-11-18)25-20-14-15-22-21-8-4-5-9-23(21)26-24(22)16-20;1-7-5-3-2-4-6-7/h1-32,36,40-42H,33-35,37-39H2;1-17,24-26H,18-23H2;1-16,25H;2-6H,1H3. The van der Waals surface area contributed by atoms with E-state index in [0.29, 0.717) is 10.8 Å². The molecule has 8 fully saturated rings. The highest BCUT2D eigenvalue weighted by molar-refractivity contribution is 7.26. The van der Waals surface area contributed by atoms with Crippen LogP contribution in [0.3, 0.4) is 0 Å². The van der Waals surface area contributed by atoms with Crippen molar-refractivity contribution < 1.29 is 0 Å². The Morgan fingerprint density at radius 1 is 0.231 bits per heavy atom. The van der Waals surface area contributed by atoms with E-state index in [0.717, 1.165) is 91.7 Å². The van der Waals surface area contributed by atoms with Crippen molar-refractivity contribution in [3.63, 3.8) is 0 Å². The Bertz CT molecular complexity index is 7020. The maximum Gasteiger partial charge on any atom is 0.0476 e. The first-order chi connectivity index (χ1) is 64.0. The summed E-state index contributed by atoms with van der Waals surface area (Å²) < 4.78 is 5.27. The summed E-state index contributed by atoms with van der Waals surface area (Å²) in [5.41, 5.74) is 27.6. The molecule has 130 heavy (non-hydrogen) atoms. The van der Waals surface area contributed by atoms with Crippen LogP contribution in [0.2, 0.25) is 5.02 Å². The summed E-state index contributed by atoms with van der Waals surface area (Å²) >= 11 is 9.96. The number of fused-ring (bicyclic) bond motifs is 6. The maximum absolute atomic E-state index is 6.25. The van der Waals surface area contributed by atoms with E-state index >= 15 is 0 Å². The predicted octanol–water partition coefficient (Wildman–Crippen LogP) is 36.2. The van der Waals surface area contributed by atoms with Crippen molar-refractivity contribution in [1.82, 2.24) is 0 Å². The molecule has 19 aromatic rings. The van der Waals surface area contributed by atoms with Crippen molar-refractivity contribution in [2.24, 2.45) is 35.5 Å². The minimum Gasteiger partial charge on any atom is -0.355 e. The lowest BCUT2D eigenvalue weighted by atomic mass is 9.48. The molecule has 27 rings (SSSR count). The second-order valence-corrected chi connectivity index (χ2v) is 40.1. The van der Waals surface area contributed by atoms with Crippen molar-refractivity contribution >= 4 is 137 Å². The molecule has 0 amide bonds. The van der Waals surface area contributed by atoms with Gasteiger partial charge in [0.1, 0.15) is 0 Å². The zero-order chi connectivity index (χ0) is 86.9. The summed E-state index contributed by atoms with van der Waals surface area (Å²) in [5, 5.41) is 9.58. The van der Waals surface area contributed by atoms with Crippen LogP contribution in [0.25, 0.3) is 84.9 Å². The largest absolute Gasteiger partial charge is 0.355 e. The number of anilines is 11. The number of rotatable bonds is 17. The van der Waals surface area contributed by atoms with Gasteiger partial charge in [0.25, 0.3) is 0 Å². The predicted molar refractivity (Wildman–Crippen MR) is 557 cm³/mol. The molecule has 8 saturated carbocycles. The van der Waals surface area contributed by atoms with Gasteiger partial charge in [0, 0.05) is 108 Å². The normalized spacial score (nSPS) is 19.5. The zero-order valence-corrected chi connectivity index (χ0v) is 75.9. The Morgan fingerprint density at radius 3 is 0.815 bits per heavy atom. The van der Waals surface area contributed by atoms with E-state index in [1.54, 1.807) is 11.1 Å². The number of hydrogen-bond acceptors (Lipinski definition) is 6. The van der Waals surface area contributed by atoms with Gasteiger partial charge in [0.2, 0.25) is 0 Å². The van der Waals surface area contributed by atoms with Crippen molar-refractivity contribution in [1.29, 1.82) is 0 Å². The van der Waals surface area contributed by atoms with E-state index < -0.39 is 0 Å². The first-order valence-corrected chi connectivity index (χ1v) is 48.8. The van der Waals surface area contributed by atoms with E-state index in [2.05, 4.69) is 421 Å². The Kier molecular flexibility index (Phi) is 23.0. The molecule has 17 aromatic carbocycles. The molecule has 1 N–H and O–H groups in total. The molecule has 7 heteroatoms.